The summed E-state index contributed by atoms with van der Waals surface area (Å²) in [6.07, 6.45) is -2.30. The van der Waals surface area contributed by atoms with Gasteiger partial charge in [0.25, 0.3) is 5.91 Å². The van der Waals surface area contributed by atoms with Gasteiger partial charge in [-0.3, -0.25) is 9.59 Å². The van der Waals surface area contributed by atoms with E-state index in [0.717, 1.165) is 17.9 Å². The van der Waals surface area contributed by atoms with Gasteiger partial charge in [0, 0.05) is 31.3 Å². The van der Waals surface area contributed by atoms with Crippen LogP contribution in [0, 0.1) is 5.82 Å². The van der Waals surface area contributed by atoms with Crippen molar-refractivity contribution < 1.29 is 40.3 Å². The van der Waals surface area contributed by atoms with Gasteiger partial charge in [0.15, 0.2) is 16.4 Å². The smallest absolute Gasteiger partial charge is 0.422 e. The number of aromatic nitrogens is 2. The van der Waals surface area contributed by atoms with E-state index in [4.69, 9.17) is 0 Å². The van der Waals surface area contributed by atoms with Crippen molar-refractivity contribution in [2.24, 2.45) is 0 Å². The first-order valence-electron chi connectivity index (χ1n) is 12.7. The number of alkyl halides is 3. The Bertz CT molecular complexity index is 1520. The lowest BCUT2D eigenvalue weighted by Crippen LogP contribution is -2.41. The predicted molar refractivity (Wildman–Crippen MR) is 142 cm³/mol. The van der Waals surface area contributed by atoms with Gasteiger partial charge in [0.2, 0.25) is 5.91 Å². The molecular weight excluding hydrogens is 568 g/mol. The Labute approximate surface area is 233 Å². The van der Waals surface area contributed by atoms with Crippen LogP contribution in [0.2, 0.25) is 0 Å². The number of hydrogen-bond donors (Lipinski definition) is 2. The van der Waals surface area contributed by atoms with Crippen LogP contribution in [0.25, 0.3) is 0 Å². The molecule has 14 heteroatoms. The molecule has 1 aliphatic rings. The lowest BCUT2D eigenvalue weighted by molar-refractivity contribution is -0.153. The number of anilines is 1. The maximum Gasteiger partial charge on any atom is 0.422 e. The van der Waals surface area contributed by atoms with Gasteiger partial charge >= 0.3 is 6.18 Å². The van der Waals surface area contributed by atoms with Gasteiger partial charge in [-0.25, -0.2) is 17.5 Å². The third-order valence-corrected chi connectivity index (χ3v) is 7.03. The molecule has 1 aliphatic heterocycles. The van der Waals surface area contributed by atoms with Crippen LogP contribution in [0.15, 0.2) is 48.5 Å². The summed E-state index contributed by atoms with van der Waals surface area (Å²) in [5, 5.41) is 9.92. The lowest BCUT2D eigenvalue weighted by atomic mass is 9.96. The molecule has 2 amide bonds. The molecule has 0 unspecified atom stereocenters. The molecule has 2 aromatic carbocycles. The fraction of sp³-hybridized carbons (Fsp3) is 0.370. The Hall–Kier alpha value is -3.94. The number of nitrogens with one attached hydrogen (secondary N) is 2. The minimum atomic E-state index is -4.57. The number of amides is 2. The molecule has 0 aliphatic carbocycles. The largest absolute Gasteiger partial charge is 0.484 e. The highest BCUT2D eigenvalue weighted by Gasteiger charge is 2.33. The van der Waals surface area contributed by atoms with E-state index in [1.807, 2.05) is 30.3 Å². The molecule has 0 bridgehead atoms. The SMILES string of the molecule is CS(=O)(=O)CC(=O)Nc1c2c(nn1CCc1ccccc1)C[C@H](CCc1cc(F)cc(OCC(F)(F)F)c1)NC2=O. The van der Waals surface area contributed by atoms with Crippen LogP contribution in [0.4, 0.5) is 23.4 Å². The second kappa shape index (κ2) is 12.3. The van der Waals surface area contributed by atoms with E-state index < -0.39 is 52.0 Å². The standard InChI is InChI=1S/C27H28F4N4O5S/c1-41(38,39)15-23(36)33-25-24-22(34-35(25)10-9-17-5-3-2-4-6-17)14-20(32-26(24)37)8-7-18-11-19(28)13-21(12-18)40-16-27(29,30)31/h2-6,11-13,20H,7-10,14-16H2,1H3,(H,32,37)(H,33,36)/t20-/m0/s1. The molecule has 4 rings (SSSR count). The van der Waals surface area contributed by atoms with Gasteiger partial charge in [-0.05, 0) is 42.5 Å². The second-order valence-corrected chi connectivity index (χ2v) is 12.0. The molecular formula is C27H28F4N4O5S. The van der Waals surface area contributed by atoms with Crippen LogP contribution in [-0.2, 0) is 40.4 Å². The van der Waals surface area contributed by atoms with Gasteiger partial charge in [-0.15, -0.1) is 0 Å². The lowest BCUT2D eigenvalue weighted by Gasteiger charge is -2.23. The number of benzene rings is 2. The number of carbonyl (C=O) groups excluding carboxylic acids is 2. The molecule has 0 spiro atoms. The minimum absolute atomic E-state index is 0.0946. The van der Waals surface area contributed by atoms with Crippen molar-refractivity contribution in [3.05, 3.63) is 76.7 Å². The predicted octanol–water partition coefficient (Wildman–Crippen LogP) is 3.48. The van der Waals surface area contributed by atoms with E-state index >= 15 is 0 Å². The van der Waals surface area contributed by atoms with Gasteiger partial charge < -0.3 is 15.4 Å². The third kappa shape index (κ3) is 8.77. The van der Waals surface area contributed by atoms with Crippen molar-refractivity contribution in [1.82, 2.24) is 15.1 Å². The molecule has 0 radical (unpaired) electrons. The summed E-state index contributed by atoms with van der Waals surface area (Å²) in [7, 11) is -3.62. The van der Waals surface area contributed by atoms with Crippen LogP contribution in [0.1, 0.15) is 33.6 Å². The van der Waals surface area contributed by atoms with Crippen molar-refractivity contribution in [1.29, 1.82) is 0 Å². The van der Waals surface area contributed by atoms with Gasteiger partial charge in [-0.1, -0.05) is 30.3 Å². The van der Waals surface area contributed by atoms with Crippen LogP contribution < -0.4 is 15.4 Å². The third-order valence-electron chi connectivity index (χ3n) is 6.25. The molecule has 220 valence electrons. The average Bonchev–Trinajstić information content (AvgIpc) is 3.21. The van der Waals surface area contributed by atoms with E-state index in [-0.39, 0.29) is 30.0 Å². The zero-order chi connectivity index (χ0) is 29.8. The average molecular weight is 597 g/mol. The molecule has 2 heterocycles. The van der Waals surface area contributed by atoms with Gasteiger partial charge in [0.1, 0.15) is 28.7 Å². The molecule has 0 fully saturated rings. The molecule has 0 saturated carbocycles. The number of fused-ring (bicyclic) bond motifs is 1. The van der Waals surface area contributed by atoms with Crippen molar-refractivity contribution in [2.45, 2.75) is 44.4 Å². The van der Waals surface area contributed by atoms with Crippen LogP contribution in [-0.4, -0.2) is 60.8 Å². The monoisotopic (exact) mass is 596 g/mol. The zero-order valence-electron chi connectivity index (χ0n) is 22.0. The fourth-order valence-electron chi connectivity index (χ4n) is 4.54. The topological polar surface area (TPSA) is 119 Å². The highest BCUT2D eigenvalue weighted by molar-refractivity contribution is 7.91. The number of ether oxygens (including phenoxy) is 1. The van der Waals surface area contributed by atoms with Crippen LogP contribution in [0.3, 0.4) is 0 Å². The number of rotatable bonds is 11. The summed E-state index contributed by atoms with van der Waals surface area (Å²) in [5.41, 5.74) is 1.91. The summed E-state index contributed by atoms with van der Waals surface area (Å²) < 4.78 is 80.8. The van der Waals surface area contributed by atoms with E-state index in [0.29, 0.717) is 30.6 Å². The summed E-state index contributed by atoms with van der Waals surface area (Å²) in [5.74, 6) is -3.00. The van der Waals surface area contributed by atoms with E-state index in [1.165, 1.54) is 16.8 Å². The summed E-state index contributed by atoms with van der Waals surface area (Å²) in [6, 6.07) is 12.4. The quantitative estimate of drug-likeness (QED) is 0.327. The summed E-state index contributed by atoms with van der Waals surface area (Å²) in [6.45, 7) is -1.25. The normalized spacial score (nSPS) is 15.2. The number of aryl methyl sites for hydroxylation is 3. The Morgan fingerprint density at radius 1 is 1.15 bits per heavy atom. The molecule has 1 atom stereocenters. The molecule has 0 saturated heterocycles. The van der Waals surface area contributed by atoms with Crippen molar-refractivity contribution in [3.8, 4) is 5.75 Å². The number of hydrogen-bond acceptors (Lipinski definition) is 6. The number of sulfone groups is 1. The Morgan fingerprint density at radius 2 is 1.88 bits per heavy atom. The molecule has 9 nitrogen and oxygen atoms in total. The number of carbonyl (C=O) groups is 2. The van der Waals surface area contributed by atoms with Crippen molar-refractivity contribution >= 4 is 27.5 Å². The first kappa shape index (κ1) is 30.0. The van der Waals surface area contributed by atoms with E-state index in [2.05, 4.69) is 20.5 Å². The molecule has 3 aromatic rings. The minimum Gasteiger partial charge on any atom is -0.484 e. The second-order valence-electron chi connectivity index (χ2n) is 9.86. The van der Waals surface area contributed by atoms with Crippen molar-refractivity contribution in [2.75, 3.05) is 23.9 Å². The maximum absolute atomic E-state index is 14.0. The number of halogens is 4. The first-order valence-corrected chi connectivity index (χ1v) is 14.7. The zero-order valence-corrected chi connectivity index (χ0v) is 22.8. The molecule has 1 aromatic heterocycles. The number of nitrogens with zero attached hydrogens (tertiary/aromatic N) is 2. The Morgan fingerprint density at radius 3 is 2.56 bits per heavy atom. The van der Waals surface area contributed by atoms with E-state index in [1.54, 1.807) is 0 Å². The van der Waals surface area contributed by atoms with Crippen molar-refractivity contribution in [3.63, 3.8) is 0 Å². The first-order chi connectivity index (χ1) is 19.3. The Kier molecular flexibility index (Phi) is 9.00. The maximum atomic E-state index is 14.0. The summed E-state index contributed by atoms with van der Waals surface area (Å²) in [4.78, 5) is 25.6. The van der Waals surface area contributed by atoms with E-state index in [9.17, 15) is 35.6 Å². The highest BCUT2D eigenvalue weighted by atomic mass is 32.2. The Balaban J connectivity index is 1.50. The van der Waals surface area contributed by atoms with Gasteiger partial charge in [0.05, 0.1) is 5.69 Å². The highest BCUT2D eigenvalue weighted by Crippen LogP contribution is 2.28. The van der Waals surface area contributed by atoms with Gasteiger partial charge in [-0.2, -0.15) is 18.3 Å². The molecule has 41 heavy (non-hydrogen) atoms. The van der Waals surface area contributed by atoms with Crippen LogP contribution in [0.5, 0.6) is 5.75 Å². The fourth-order valence-corrected chi connectivity index (χ4v) is 5.09. The van der Waals surface area contributed by atoms with Crippen LogP contribution >= 0.6 is 0 Å². The molecule has 2 N–H and O–H groups in total. The summed E-state index contributed by atoms with van der Waals surface area (Å²) >= 11 is 0.